The lowest BCUT2D eigenvalue weighted by Crippen LogP contribution is -2.33. The number of carbonyl (C=O) groups is 1. The molecule has 0 fully saturated rings. The van der Waals surface area contributed by atoms with Crippen LogP contribution < -0.4 is 5.73 Å². The Morgan fingerprint density at radius 2 is 2.11 bits per heavy atom. The summed E-state index contributed by atoms with van der Waals surface area (Å²) in [4.78, 5) is 10.7. The number of hydrogen-bond acceptors (Lipinski definition) is 5. The van der Waals surface area contributed by atoms with Gasteiger partial charge in [0.2, 0.25) is 10.0 Å². The zero-order chi connectivity index (χ0) is 14.8. The van der Waals surface area contributed by atoms with E-state index in [4.69, 9.17) is 17.3 Å². The number of methoxy groups -OCH3 is 1. The topological polar surface area (TPSA) is 89.7 Å². The van der Waals surface area contributed by atoms with Crippen molar-refractivity contribution in [2.24, 2.45) is 0 Å². The summed E-state index contributed by atoms with van der Waals surface area (Å²) in [5, 5.41) is -0.316. The fraction of sp³-hybridized carbons (Fsp3) is 0.300. The number of nitrogen functional groups attached to an aromatic ring is 1. The molecule has 1 rings (SSSR count). The van der Waals surface area contributed by atoms with Crippen molar-refractivity contribution in [3.8, 4) is 0 Å². The fourth-order valence-corrected chi connectivity index (χ4v) is 2.88. The predicted molar refractivity (Wildman–Crippen MR) is 67.7 cm³/mol. The van der Waals surface area contributed by atoms with Gasteiger partial charge in [0.1, 0.15) is 17.3 Å². The lowest BCUT2D eigenvalue weighted by molar-refractivity contribution is -0.140. The van der Waals surface area contributed by atoms with Crippen molar-refractivity contribution in [1.29, 1.82) is 0 Å². The van der Waals surface area contributed by atoms with E-state index in [1.54, 1.807) is 0 Å². The summed E-state index contributed by atoms with van der Waals surface area (Å²) in [5.41, 5.74) is 4.95. The molecule has 0 atom stereocenters. The van der Waals surface area contributed by atoms with Crippen molar-refractivity contribution < 1.29 is 22.3 Å². The highest BCUT2D eigenvalue weighted by Gasteiger charge is 2.26. The summed E-state index contributed by atoms with van der Waals surface area (Å²) in [6.45, 7) is -0.494. The highest BCUT2D eigenvalue weighted by atomic mass is 35.5. The standard InChI is InChI=1S/C10H12ClFN2O4S/c1-14(5-10(15)18-2)19(16,17)9-4-8(13)7(12)3-6(9)11/h3-4H,5,13H2,1-2H3. The normalized spacial score (nSPS) is 11.6. The van der Waals surface area contributed by atoms with Gasteiger partial charge in [-0.05, 0) is 12.1 Å². The number of halogens is 2. The highest BCUT2D eigenvalue weighted by Crippen LogP contribution is 2.28. The first-order valence-corrected chi connectivity index (χ1v) is 6.79. The van der Waals surface area contributed by atoms with Gasteiger partial charge in [-0.2, -0.15) is 4.31 Å². The Morgan fingerprint density at radius 1 is 1.53 bits per heavy atom. The number of anilines is 1. The Morgan fingerprint density at radius 3 is 2.63 bits per heavy atom. The molecular formula is C10H12ClFN2O4S. The molecule has 9 heteroatoms. The zero-order valence-electron chi connectivity index (χ0n) is 10.2. The summed E-state index contributed by atoms with van der Waals surface area (Å²) < 4.78 is 42.5. The Labute approximate surface area is 114 Å². The van der Waals surface area contributed by atoms with Gasteiger partial charge in [0.15, 0.2) is 0 Å². The Kier molecular flexibility index (Phi) is 4.72. The molecule has 0 saturated carbocycles. The summed E-state index contributed by atoms with van der Waals surface area (Å²) in [6.07, 6.45) is 0. The molecule has 0 bridgehead atoms. The molecule has 0 unspecified atom stereocenters. The van der Waals surface area contributed by atoms with E-state index in [1.807, 2.05) is 0 Å². The molecule has 0 amide bonds. The zero-order valence-corrected chi connectivity index (χ0v) is 11.8. The maximum atomic E-state index is 13.1. The molecule has 0 aromatic heterocycles. The predicted octanol–water partition coefficient (Wildman–Crippen LogP) is 0.855. The van der Waals surface area contributed by atoms with E-state index in [2.05, 4.69) is 4.74 Å². The third-order valence-electron chi connectivity index (χ3n) is 2.32. The number of nitrogens with two attached hydrogens (primary N) is 1. The Hall–Kier alpha value is -1.38. The highest BCUT2D eigenvalue weighted by molar-refractivity contribution is 7.89. The third-order valence-corrected chi connectivity index (χ3v) is 4.59. The van der Waals surface area contributed by atoms with Gasteiger partial charge in [0.05, 0.1) is 17.8 Å². The van der Waals surface area contributed by atoms with Crippen LogP contribution in [0, 0.1) is 5.82 Å². The van der Waals surface area contributed by atoms with E-state index in [1.165, 1.54) is 7.05 Å². The Balaban J connectivity index is 3.20. The SMILES string of the molecule is COC(=O)CN(C)S(=O)(=O)c1cc(N)c(F)cc1Cl. The molecule has 0 saturated heterocycles. The first-order chi connectivity index (χ1) is 8.70. The molecule has 0 radical (unpaired) electrons. The summed E-state index contributed by atoms with van der Waals surface area (Å²) in [7, 11) is -1.76. The second-order valence-corrected chi connectivity index (χ2v) is 6.06. The second-order valence-electron chi connectivity index (χ2n) is 3.64. The summed E-state index contributed by atoms with van der Waals surface area (Å²) in [5.74, 6) is -1.56. The van der Waals surface area contributed by atoms with Crippen LogP contribution in [0.4, 0.5) is 10.1 Å². The molecule has 0 spiro atoms. The molecule has 1 aromatic rings. The molecule has 0 aliphatic heterocycles. The van der Waals surface area contributed by atoms with Crippen LogP contribution in [0.3, 0.4) is 0 Å². The van der Waals surface area contributed by atoms with E-state index >= 15 is 0 Å². The number of nitrogens with zero attached hydrogens (tertiary/aromatic N) is 1. The van der Waals surface area contributed by atoms with Crippen molar-refractivity contribution in [3.63, 3.8) is 0 Å². The van der Waals surface area contributed by atoms with Gasteiger partial charge in [-0.3, -0.25) is 4.79 Å². The minimum absolute atomic E-state index is 0.316. The van der Waals surface area contributed by atoms with E-state index in [9.17, 15) is 17.6 Å². The van der Waals surface area contributed by atoms with E-state index in [-0.39, 0.29) is 15.6 Å². The minimum Gasteiger partial charge on any atom is -0.468 e. The molecular weight excluding hydrogens is 299 g/mol. The first-order valence-electron chi connectivity index (χ1n) is 4.97. The number of esters is 1. The number of ether oxygens (including phenoxy) is 1. The quantitative estimate of drug-likeness (QED) is 0.658. The van der Waals surface area contributed by atoms with Crippen LogP contribution in [0.25, 0.3) is 0 Å². The van der Waals surface area contributed by atoms with Crippen LogP contribution in [0.5, 0.6) is 0 Å². The summed E-state index contributed by atoms with van der Waals surface area (Å²) >= 11 is 5.68. The van der Waals surface area contributed by atoms with Crippen molar-refractivity contribution in [3.05, 3.63) is 23.0 Å². The lowest BCUT2D eigenvalue weighted by Gasteiger charge is -2.17. The van der Waals surface area contributed by atoms with Crippen LogP contribution in [-0.4, -0.2) is 39.4 Å². The molecule has 106 valence electrons. The first kappa shape index (κ1) is 15.7. The van der Waals surface area contributed by atoms with Crippen molar-refractivity contribution in [1.82, 2.24) is 4.31 Å². The molecule has 0 aliphatic carbocycles. The molecule has 6 nitrogen and oxygen atoms in total. The van der Waals surface area contributed by atoms with Crippen LogP contribution >= 0.6 is 11.6 Å². The monoisotopic (exact) mass is 310 g/mol. The van der Waals surface area contributed by atoms with Gasteiger partial charge in [-0.15, -0.1) is 0 Å². The lowest BCUT2D eigenvalue weighted by atomic mass is 10.3. The number of carbonyl (C=O) groups excluding carboxylic acids is 1. The average Bonchev–Trinajstić information content (AvgIpc) is 2.33. The maximum Gasteiger partial charge on any atom is 0.321 e. The maximum absolute atomic E-state index is 13.1. The Bertz CT molecular complexity index is 606. The van der Waals surface area contributed by atoms with E-state index in [0.29, 0.717) is 0 Å². The van der Waals surface area contributed by atoms with Crippen LogP contribution in [-0.2, 0) is 19.6 Å². The largest absolute Gasteiger partial charge is 0.468 e. The number of hydrogen-bond donors (Lipinski definition) is 1. The number of likely N-dealkylation sites (N-methyl/N-ethyl adjacent to an activating group) is 1. The van der Waals surface area contributed by atoms with E-state index < -0.39 is 28.4 Å². The molecule has 19 heavy (non-hydrogen) atoms. The second kappa shape index (κ2) is 5.72. The van der Waals surface area contributed by atoms with Gasteiger partial charge in [-0.25, -0.2) is 12.8 Å². The van der Waals surface area contributed by atoms with Gasteiger partial charge in [0.25, 0.3) is 0 Å². The molecule has 1 aromatic carbocycles. The van der Waals surface area contributed by atoms with Crippen LogP contribution in [0.2, 0.25) is 5.02 Å². The molecule has 0 aliphatic rings. The van der Waals surface area contributed by atoms with Crippen LogP contribution in [0.1, 0.15) is 0 Å². The van der Waals surface area contributed by atoms with Crippen molar-refractivity contribution in [2.45, 2.75) is 4.90 Å². The molecule has 0 heterocycles. The van der Waals surface area contributed by atoms with Crippen molar-refractivity contribution in [2.75, 3.05) is 26.4 Å². The van der Waals surface area contributed by atoms with Gasteiger partial charge in [0, 0.05) is 7.05 Å². The average molecular weight is 311 g/mol. The van der Waals surface area contributed by atoms with Crippen molar-refractivity contribution >= 4 is 33.3 Å². The van der Waals surface area contributed by atoms with Gasteiger partial charge >= 0.3 is 5.97 Å². The number of benzene rings is 1. The number of rotatable bonds is 4. The summed E-state index contributed by atoms with van der Waals surface area (Å²) in [6, 6.07) is 1.70. The minimum atomic E-state index is -4.06. The number of sulfonamides is 1. The smallest absolute Gasteiger partial charge is 0.321 e. The molecule has 2 N–H and O–H groups in total. The van der Waals surface area contributed by atoms with Gasteiger partial charge < -0.3 is 10.5 Å². The van der Waals surface area contributed by atoms with E-state index in [0.717, 1.165) is 23.5 Å². The van der Waals surface area contributed by atoms with Gasteiger partial charge in [-0.1, -0.05) is 11.6 Å². The third kappa shape index (κ3) is 3.34. The van der Waals surface area contributed by atoms with Crippen LogP contribution in [0.15, 0.2) is 17.0 Å². The fourth-order valence-electron chi connectivity index (χ4n) is 1.24.